The van der Waals surface area contributed by atoms with Gasteiger partial charge in [-0.3, -0.25) is 4.79 Å². The first-order valence-corrected chi connectivity index (χ1v) is 11.3. The predicted molar refractivity (Wildman–Crippen MR) is 113 cm³/mol. The number of thioether (sulfide) groups is 1. The Morgan fingerprint density at radius 3 is 2.74 bits per heavy atom. The second kappa shape index (κ2) is 9.95. The number of amides is 1. The summed E-state index contributed by atoms with van der Waals surface area (Å²) in [5.41, 5.74) is 2.95. The Balaban J connectivity index is 1.50. The van der Waals surface area contributed by atoms with Crippen molar-refractivity contribution < 1.29 is 14.3 Å². The Morgan fingerprint density at radius 2 is 1.96 bits per heavy atom. The summed E-state index contributed by atoms with van der Waals surface area (Å²) in [6.07, 6.45) is 5.38. The molecule has 6 heteroatoms. The van der Waals surface area contributed by atoms with Crippen molar-refractivity contribution in [2.24, 2.45) is 0 Å². The average Bonchev–Trinajstić information content (AvgIpc) is 3.05. The molecular weight excluding hydrogens is 378 g/mol. The van der Waals surface area contributed by atoms with Crippen LogP contribution >= 0.6 is 23.1 Å². The van der Waals surface area contributed by atoms with E-state index in [2.05, 4.69) is 17.4 Å². The van der Waals surface area contributed by atoms with Crippen LogP contribution in [0, 0.1) is 0 Å². The van der Waals surface area contributed by atoms with Gasteiger partial charge >= 0.3 is 5.97 Å². The number of esters is 1. The van der Waals surface area contributed by atoms with Gasteiger partial charge < -0.3 is 10.1 Å². The van der Waals surface area contributed by atoms with E-state index < -0.39 is 0 Å². The van der Waals surface area contributed by atoms with Gasteiger partial charge in [-0.15, -0.1) is 11.3 Å². The number of fused-ring (bicyclic) bond motifs is 1. The number of nitrogens with one attached hydrogen (secondary N) is 1. The Labute approximate surface area is 168 Å². The van der Waals surface area contributed by atoms with Gasteiger partial charge in [0.2, 0.25) is 5.91 Å². The van der Waals surface area contributed by atoms with E-state index in [0.29, 0.717) is 17.0 Å². The SMILES string of the molecule is COC(=O)c1c(NC(=O)CCCSCc2ccccc2)sc2c1CCCC2. The van der Waals surface area contributed by atoms with Crippen molar-refractivity contribution in [1.29, 1.82) is 0 Å². The molecule has 1 aliphatic carbocycles. The molecule has 0 unspecified atom stereocenters. The molecule has 27 heavy (non-hydrogen) atoms. The molecule has 4 nitrogen and oxygen atoms in total. The number of aryl methyl sites for hydroxylation is 1. The number of ether oxygens (including phenoxy) is 1. The zero-order valence-electron chi connectivity index (χ0n) is 15.6. The monoisotopic (exact) mass is 403 g/mol. The van der Waals surface area contributed by atoms with Crippen molar-refractivity contribution in [3.8, 4) is 0 Å². The van der Waals surface area contributed by atoms with Gasteiger partial charge in [-0.05, 0) is 49.0 Å². The molecule has 144 valence electrons. The van der Waals surface area contributed by atoms with Crippen LogP contribution < -0.4 is 5.32 Å². The van der Waals surface area contributed by atoms with E-state index in [0.717, 1.165) is 49.2 Å². The number of hydrogen-bond donors (Lipinski definition) is 1. The van der Waals surface area contributed by atoms with Gasteiger partial charge in [-0.25, -0.2) is 4.79 Å². The molecule has 0 saturated carbocycles. The number of carbonyl (C=O) groups is 2. The van der Waals surface area contributed by atoms with Crippen molar-refractivity contribution in [2.75, 3.05) is 18.2 Å². The topological polar surface area (TPSA) is 55.4 Å². The highest BCUT2D eigenvalue weighted by Crippen LogP contribution is 2.38. The van der Waals surface area contributed by atoms with Crippen LogP contribution in [-0.2, 0) is 28.1 Å². The van der Waals surface area contributed by atoms with E-state index in [-0.39, 0.29) is 11.9 Å². The van der Waals surface area contributed by atoms with Crippen LogP contribution in [0.25, 0.3) is 0 Å². The first kappa shape index (κ1) is 20.0. The molecule has 0 bridgehead atoms. The molecule has 0 atom stereocenters. The van der Waals surface area contributed by atoms with Gasteiger partial charge in [0.1, 0.15) is 5.00 Å². The van der Waals surface area contributed by atoms with Crippen LogP contribution in [-0.4, -0.2) is 24.7 Å². The molecule has 0 saturated heterocycles. The number of carbonyl (C=O) groups excluding carboxylic acids is 2. The molecule has 1 aromatic heterocycles. The van der Waals surface area contributed by atoms with Crippen molar-refractivity contribution in [1.82, 2.24) is 0 Å². The van der Waals surface area contributed by atoms with Crippen LogP contribution in [0.1, 0.15) is 52.0 Å². The van der Waals surface area contributed by atoms with E-state index in [1.54, 1.807) is 0 Å². The Hall–Kier alpha value is -1.79. The number of methoxy groups -OCH3 is 1. The van der Waals surface area contributed by atoms with Crippen molar-refractivity contribution in [3.63, 3.8) is 0 Å². The quantitative estimate of drug-likeness (QED) is 0.494. The van der Waals surface area contributed by atoms with Crippen LogP contribution in [0.3, 0.4) is 0 Å². The molecule has 1 heterocycles. The Kier molecular flexibility index (Phi) is 7.35. The largest absolute Gasteiger partial charge is 0.465 e. The van der Waals surface area contributed by atoms with Crippen LogP contribution in [0.5, 0.6) is 0 Å². The fourth-order valence-corrected chi connectivity index (χ4v) is 5.47. The smallest absolute Gasteiger partial charge is 0.341 e. The zero-order valence-corrected chi connectivity index (χ0v) is 17.2. The molecule has 1 amide bonds. The second-order valence-corrected chi connectivity index (χ2v) is 8.81. The lowest BCUT2D eigenvalue weighted by molar-refractivity contribution is -0.116. The van der Waals surface area contributed by atoms with Gasteiger partial charge in [-0.1, -0.05) is 30.3 Å². The van der Waals surface area contributed by atoms with Gasteiger partial charge in [0.15, 0.2) is 0 Å². The average molecular weight is 404 g/mol. The summed E-state index contributed by atoms with van der Waals surface area (Å²) in [4.78, 5) is 25.8. The third kappa shape index (κ3) is 5.36. The maximum atomic E-state index is 12.4. The van der Waals surface area contributed by atoms with Crippen molar-refractivity contribution >= 4 is 40.0 Å². The molecule has 0 spiro atoms. The summed E-state index contributed by atoms with van der Waals surface area (Å²) in [7, 11) is 1.39. The minimum Gasteiger partial charge on any atom is -0.465 e. The maximum absolute atomic E-state index is 12.4. The van der Waals surface area contributed by atoms with E-state index in [1.807, 2.05) is 30.0 Å². The van der Waals surface area contributed by atoms with E-state index in [4.69, 9.17) is 4.74 Å². The number of hydrogen-bond acceptors (Lipinski definition) is 5. The highest BCUT2D eigenvalue weighted by Gasteiger charge is 2.26. The lowest BCUT2D eigenvalue weighted by Gasteiger charge is -2.11. The Bertz CT molecular complexity index is 786. The highest BCUT2D eigenvalue weighted by molar-refractivity contribution is 7.98. The van der Waals surface area contributed by atoms with E-state index >= 15 is 0 Å². The number of rotatable bonds is 8. The molecular formula is C21H25NO3S2. The van der Waals surface area contributed by atoms with Crippen LogP contribution in [0.4, 0.5) is 5.00 Å². The summed E-state index contributed by atoms with van der Waals surface area (Å²) in [5, 5.41) is 3.62. The van der Waals surface area contributed by atoms with Gasteiger partial charge in [-0.2, -0.15) is 11.8 Å². The summed E-state index contributed by atoms with van der Waals surface area (Å²) in [6, 6.07) is 10.3. The van der Waals surface area contributed by atoms with Crippen molar-refractivity contribution in [3.05, 3.63) is 51.9 Å². The molecule has 1 aromatic carbocycles. The van der Waals surface area contributed by atoms with Crippen LogP contribution in [0.2, 0.25) is 0 Å². The Morgan fingerprint density at radius 1 is 1.19 bits per heavy atom. The maximum Gasteiger partial charge on any atom is 0.341 e. The standard InChI is InChI=1S/C21H25NO3S2/c1-25-21(24)19-16-10-5-6-11-17(16)27-20(19)22-18(23)12-7-13-26-14-15-8-3-2-4-9-15/h2-4,8-9H,5-7,10-14H2,1H3,(H,22,23). The summed E-state index contributed by atoms with van der Waals surface area (Å²) < 4.78 is 4.95. The predicted octanol–water partition coefficient (Wildman–Crippen LogP) is 5.07. The zero-order chi connectivity index (χ0) is 19.1. The van der Waals surface area contributed by atoms with Gasteiger partial charge in [0, 0.05) is 17.1 Å². The van der Waals surface area contributed by atoms with Crippen molar-refractivity contribution in [2.45, 2.75) is 44.3 Å². The van der Waals surface area contributed by atoms with Crippen LogP contribution in [0.15, 0.2) is 30.3 Å². The molecule has 1 aliphatic rings. The first-order chi connectivity index (χ1) is 13.2. The molecule has 2 aromatic rings. The minimum atomic E-state index is -0.344. The third-order valence-corrected chi connectivity index (χ3v) is 6.94. The lowest BCUT2D eigenvalue weighted by atomic mass is 9.95. The fraction of sp³-hybridized carbons (Fsp3) is 0.429. The molecule has 3 rings (SSSR count). The molecule has 0 fully saturated rings. The molecule has 0 radical (unpaired) electrons. The van der Waals surface area contributed by atoms with Gasteiger partial charge in [0.25, 0.3) is 0 Å². The minimum absolute atomic E-state index is 0.0286. The summed E-state index contributed by atoms with van der Waals surface area (Å²) >= 11 is 3.37. The number of anilines is 1. The van der Waals surface area contributed by atoms with E-state index in [9.17, 15) is 9.59 Å². The molecule has 1 N–H and O–H groups in total. The summed E-state index contributed by atoms with van der Waals surface area (Å²) in [5.74, 6) is 1.53. The first-order valence-electron chi connectivity index (χ1n) is 9.33. The summed E-state index contributed by atoms with van der Waals surface area (Å²) in [6.45, 7) is 0. The fourth-order valence-electron chi connectivity index (χ4n) is 3.26. The molecule has 0 aliphatic heterocycles. The number of thiophene rings is 1. The number of benzene rings is 1. The normalized spacial score (nSPS) is 13.1. The second-order valence-electron chi connectivity index (χ2n) is 6.60. The lowest BCUT2D eigenvalue weighted by Crippen LogP contribution is -2.14. The van der Waals surface area contributed by atoms with Gasteiger partial charge in [0.05, 0.1) is 12.7 Å². The highest BCUT2D eigenvalue weighted by atomic mass is 32.2. The third-order valence-electron chi connectivity index (χ3n) is 4.62. The van der Waals surface area contributed by atoms with E-state index in [1.165, 1.54) is 28.9 Å².